The average molecular weight is 484 g/mol. The van der Waals surface area contributed by atoms with Gasteiger partial charge in [-0.3, -0.25) is 0 Å². The monoisotopic (exact) mass is 483 g/mol. The minimum Gasteiger partial charge on any atom is -0.198 e. The number of nitrogens with zero attached hydrogens (tertiary/aromatic N) is 3. The third-order valence-corrected chi connectivity index (χ3v) is 10.9. The van der Waals surface area contributed by atoms with Gasteiger partial charge < -0.3 is 0 Å². The molecule has 0 spiro atoms. The van der Waals surface area contributed by atoms with Gasteiger partial charge in [0.1, 0.15) is 0 Å². The van der Waals surface area contributed by atoms with E-state index in [0.29, 0.717) is 5.82 Å². The first kappa shape index (κ1) is 21.5. The third-order valence-electron chi connectivity index (χ3n) is 5.78. The number of aromatic nitrogens is 3. The van der Waals surface area contributed by atoms with Gasteiger partial charge in [0, 0.05) is 5.56 Å². The van der Waals surface area contributed by atoms with E-state index >= 15 is 0 Å². The first-order chi connectivity index (χ1) is 16.2. The average Bonchev–Trinajstić information content (AvgIpc) is 2.86. The van der Waals surface area contributed by atoms with Gasteiger partial charge >= 0.3 is 0 Å². The number of benzene rings is 4. The molecular formula is C27H19Cl2N3Si. The van der Waals surface area contributed by atoms with Crippen molar-refractivity contribution in [2.24, 2.45) is 0 Å². The van der Waals surface area contributed by atoms with E-state index in [4.69, 9.17) is 23.2 Å². The summed E-state index contributed by atoms with van der Waals surface area (Å²) in [5, 5.41) is 5.39. The molecule has 0 saturated carbocycles. The molecule has 33 heavy (non-hydrogen) atoms. The zero-order valence-corrected chi connectivity index (χ0v) is 20.1. The molecule has 6 heteroatoms. The molecule has 0 atom stereocenters. The van der Waals surface area contributed by atoms with Crippen LogP contribution in [0.2, 0.25) is 10.6 Å². The zero-order chi connectivity index (χ0) is 22.7. The minimum atomic E-state index is -2.55. The Hall–Kier alpha value is -3.31. The number of hydrogen-bond donors (Lipinski definition) is 0. The maximum absolute atomic E-state index is 6.00. The van der Waals surface area contributed by atoms with Crippen molar-refractivity contribution in [2.45, 2.75) is 0 Å². The molecule has 4 aromatic carbocycles. The normalized spacial score (nSPS) is 11.3. The summed E-state index contributed by atoms with van der Waals surface area (Å²) >= 11 is 12.0. The quantitative estimate of drug-likeness (QED) is 0.277. The van der Waals surface area contributed by atoms with Crippen LogP contribution in [-0.4, -0.2) is 23.0 Å². The second kappa shape index (κ2) is 9.28. The number of hydrogen-bond acceptors (Lipinski definition) is 3. The molecule has 1 heterocycles. The van der Waals surface area contributed by atoms with Gasteiger partial charge in [-0.2, -0.15) is 15.0 Å². The fraction of sp³-hybridized carbons (Fsp3) is 0. The van der Waals surface area contributed by atoms with Crippen molar-refractivity contribution in [3.8, 4) is 11.4 Å². The van der Waals surface area contributed by atoms with Crippen LogP contribution in [0.5, 0.6) is 0 Å². The lowest BCUT2D eigenvalue weighted by atomic mass is 10.2. The Bertz CT molecular complexity index is 1250. The van der Waals surface area contributed by atoms with E-state index in [1.54, 1.807) is 0 Å². The Morgan fingerprint density at radius 1 is 0.424 bits per heavy atom. The van der Waals surface area contributed by atoms with E-state index < -0.39 is 8.07 Å². The van der Waals surface area contributed by atoms with Crippen molar-refractivity contribution in [2.75, 3.05) is 0 Å². The van der Waals surface area contributed by atoms with E-state index in [2.05, 4.69) is 118 Å². The summed E-state index contributed by atoms with van der Waals surface area (Å²) in [6.07, 6.45) is 0. The molecule has 0 aliphatic heterocycles. The molecule has 0 bridgehead atoms. The fourth-order valence-electron chi connectivity index (χ4n) is 4.39. The van der Waals surface area contributed by atoms with Crippen molar-refractivity contribution >= 4 is 52.0 Å². The van der Waals surface area contributed by atoms with Crippen LogP contribution in [0.3, 0.4) is 0 Å². The maximum atomic E-state index is 6.00. The van der Waals surface area contributed by atoms with E-state index in [1.165, 1.54) is 20.7 Å². The van der Waals surface area contributed by atoms with Gasteiger partial charge in [-0.15, -0.1) is 0 Å². The summed E-state index contributed by atoms with van der Waals surface area (Å²) in [4.78, 5) is 12.3. The highest BCUT2D eigenvalue weighted by Crippen LogP contribution is 2.18. The van der Waals surface area contributed by atoms with Gasteiger partial charge in [0.2, 0.25) is 10.6 Å². The Balaban J connectivity index is 1.76. The van der Waals surface area contributed by atoms with Crippen LogP contribution in [0.1, 0.15) is 0 Å². The van der Waals surface area contributed by atoms with Crippen LogP contribution >= 0.6 is 23.2 Å². The van der Waals surface area contributed by atoms with Crippen molar-refractivity contribution in [1.82, 2.24) is 15.0 Å². The van der Waals surface area contributed by atoms with Crippen molar-refractivity contribution in [3.63, 3.8) is 0 Å². The summed E-state index contributed by atoms with van der Waals surface area (Å²) in [5.41, 5.74) is 0.835. The van der Waals surface area contributed by atoms with E-state index in [0.717, 1.165) is 5.56 Å². The molecule has 5 aromatic rings. The molecular weight excluding hydrogens is 465 g/mol. The van der Waals surface area contributed by atoms with Crippen molar-refractivity contribution in [3.05, 3.63) is 126 Å². The van der Waals surface area contributed by atoms with Crippen LogP contribution in [0.25, 0.3) is 11.4 Å². The molecule has 5 rings (SSSR count). The fourth-order valence-corrected chi connectivity index (χ4v) is 9.50. The molecule has 0 aliphatic rings. The van der Waals surface area contributed by atoms with Gasteiger partial charge in [-0.1, -0.05) is 115 Å². The molecule has 0 saturated heterocycles. The van der Waals surface area contributed by atoms with Gasteiger partial charge in [0.15, 0.2) is 13.9 Å². The Morgan fingerprint density at radius 2 is 0.788 bits per heavy atom. The molecule has 0 aliphatic carbocycles. The molecule has 1 aromatic heterocycles. The van der Waals surface area contributed by atoms with Crippen LogP contribution < -0.4 is 20.7 Å². The maximum Gasteiger partial charge on any atom is 0.227 e. The summed E-state index contributed by atoms with van der Waals surface area (Å²) in [7, 11) is -2.55. The second-order valence-electron chi connectivity index (χ2n) is 7.62. The highest BCUT2D eigenvalue weighted by atomic mass is 35.5. The number of rotatable bonds is 5. The highest BCUT2D eigenvalue weighted by Gasteiger charge is 2.41. The molecule has 160 valence electrons. The molecule has 0 radical (unpaired) electrons. The van der Waals surface area contributed by atoms with Crippen LogP contribution in [0.4, 0.5) is 0 Å². The minimum absolute atomic E-state index is 0.0793. The molecule has 3 nitrogen and oxygen atoms in total. The summed E-state index contributed by atoms with van der Waals surface area (Å²) in [6.45, 7) is 0. The van der Waals surface area contributed by atoms with Crippen LogP contribution in [0, 0.1) is 0 Å². The van der Waals surface area contributed by atoms with E-state index in [1.807, 2.05) is 12.1 Å². The Labute approximate surface area is 203 Å². The number of halogens is 2. The van der Waals surface area contributed by atoms with Crippen LogP contribution in [0.15, 0.2) is 115 Å². The Morgan fingerprint density at radius 3 is 1.18 bits per heavy atom. The predicted molar refractivity (Wildman–Crippen MR) is 139 cm³/mol. The predicted octanol–water partition coefficient (Wildman–Crippen LogP) is 4.22. The summed E-state index contributed by atoms with van der Waals surface area (Å²) < 4.78 is 0. The second-order valence-corrected chi connectivity index (χ2v) is 12.1. The topological polar surface area (TPSA) is 38.7 Å². The zero-order valence-electron chi connectivity index (χ0n) is 17.6. The van der Waals surface area contributed by atoms with Gasteiger partial charge in [0.05, 0.1) is 0 Å². The van der Waals surface area contributed by atoms with E-state index in [-0.39, 0.29) is 10.6 Å². The molecule has 0 amide bonds. The first-order valence-electron chi connectivity index (χ1n) is 10.5. The standard InChI is InChI=1S/C27H19Cl2N3Si/c28-26-30-25(31-27(29)32-26)20-16-18-24(19-17-20)33(21-10-4-1-5-11-21,22-12-6-2-7-13-22)23-14-8-3-9-15-23/h1-19H. The molecule has 0 unspecified atom stereocenters. The van der Waals surface area contributed by atoms with Gasteiger partial charge in [0.25, 0.3) is 0 Å². The molecule has 0 fully saturated rings. The van der Waals surface area contributed by atoms with Crippen molar-refractivity contribution < 1.29 is 0 Å². The lowest BCUT2D eigenvalue weighted by Gasteiger charge is -2.34. The largest absolute Gasteiger partial charge is 0.227 e. The van der Waals surface area contributed by atoms with Gasteiger partial charge in [-0.05, 0) is 43.9 Å². The highest BCUT2D eigenvalue weighted by molar-refractivity contribution is 7.19. The third kappa shape index (κ3) is 4.09. The lowest BCUT2D eigenvalue weighted by Crippen LogP contribution is -2.74. The Kier molecular flexibility index (Phi) is 6.05. The molecule has 0 N–H and O–H groups in total. The lowest BCUT2D eigenvalue weighted by molar-refractivity contribution is 1.06. The summed E-state index contributed by atoms with van der Waals surface area (Å²) in [5.74, 6) is 0.456. The summed E-state index contributed by atoms with van der Waals surface area (Å²) in [6, 6.07) is 40.8. The SMILES string of the molecule is Clc1nc(Cl)nc(-c2ccc([Si](c3ccccc3)(c3ccccc3)c3ccccc3)cc2)n1. The first-order valence-corrected chi connectivity index (χ1v) is 13.3. The van der Waals surface area contributed by atoms with Crippen molar-refractivity contribution in [1.29, 1.82) is 0 Å². The van der Waals surface area contributed by atoms with E-state index in [9.17, 15) is 0 Å². The van der Waals surface area contributed by atoms with Crippen LogP contribution in [-0.2, 0) is 0 Å². The van der Waals surface area contributed by atoms with Gasteiger partial charge in [-0.25, -0.2) is 0 Å². The smallest absolute Gasteiger partial charge is 0.198 e.